The zero-order chi connectivity index (χ0) is 23.7. The van der Waals surface area contributed by atoms with Gasteiger partial charge in [0.1, 0.15) is 18.1 Å². The van der Waals surface area contributed by atoms with Crippen LogP contribution in [0.25, 0.3) is 0 Å². The first kappa shape index (κ1) is 26.7. The number of carbonyl (C=O) groups excluding carboxylic acids is 3. The number of nitrogens with zero attached hydrogens (tertiary/aromatic N) is 1. The number of likely N-dealkylation sites (tertiary alicyclic amines) is 1. The van der Waals surface area contributed by atoms with Gasteiger partial charge in [0.15, 0.2) is 0 Å². The third-order valence-electron chi connectivity index (χ3n) is 4.95. The minimum absolute atomic E-state index is 0.00253. The molecule has 12 heteroatoms. The molecule has 0 bridgehead atoms. The molecule has 0 spiro atoms. The molecule has 0 radical (unpaired) electrons. The first-order valence-corrected chi connectivity index (χ1v) is 10.8. The second-order valence-electron chi connectivity index (χ2n) is 8.00. The van der Waals surface area contributed by atoms with E-state index in [0.717, 1.165) is 0 Å². The lowest BCUT2D eigenvalue weighted by Gasteiger charge is -2.28. The molecular weight excluding hydrogens is 428 g/mol. The summed E-state index contributed by atoms with van der Waals surface area (Å²) < 4.78 is 0. The maximum atomic E-state index is 12.9. The Morgan fingerprint density at radius 3 is 2.29 bits per heavy atom. The number of nitrogens with two attached hydrogens (primary N) is 1. The van der Waals surface area contributed by atoms with Crippen molar-refractivity contribution in [3.63, 3.8) is 0 Å². The topological polar surface area (TPSA) is 179 Å². The quantitative estimate of drug-likeness (QED) is 0.205. The molecule has 31 heavy (non-hydrogen) atoms. The van der Waals surface area contributed by atoms with Gasteiger partial charge in [0, 0.05) is 18.7 Å². The number of rotatable bonds is 12. The van der Waals surface area contributed by atoms with Crippen LogP contribution < -0.4 is 16.4 Å². The Kier molecular flexibility index (Phi) is 10.8. The van der Waals surface area contributed by atoms with Crippen LogP contribution in [-0.2, 0) is 24.0 Å². The zero-order valence-corrected chi connectivity index (χ0v) is 18.6. The summed E-state index contributed by atoms with van der Waals surface area (Å²) in [5.41, 5.74) is 5.75. The highest BCUT2D eigenvalue weighted by Gasteiger charge is 2.37. The Morgan fingerprint density at radius 1 is 1.13 bits per heavy atom. The largest absolute Gasteiger partial charge is 0.481 e. The van der Waals surface area contributed by atoms with Crippen molar-refractivity contribution in [3.8, 4) is 0 Å². The average molecular weight is 461 g/mol. The number of thiol groups is 1. The van der Waals surface area contributed by atoms with E-state index in [1.165, 1.54) is 4.90 Å². The van der Waals surface area contributed by atoms with Crippen LogP contribution in [0, 0.1) is 5.92 Å². The Bertz CT molecular complexity index is 688. The van der Waals surface area contributed by atoms with Crippen molar-refractivity contribution in [3.05, 3.63) is 0 Å². The van der Waals surface area contributed by atoms with Gasteiger partial charge in [-0.2, -0.15) is 12.6 Å². The zero-order valence-electron chi connectivity index (χ0n) is 17.7. The molecule has 4 unspecified atom stereocenters. The molecule has 3 amide bonds. The number of carbonyl (C=O) groups is 5. The van der Waals surface area contributed by atoms with Crippen LogP contribution in [0.15, 0.2) is 0 Å². The van der Waals surface area contributed by atoms with Gasteiger partial charge >= 0.3 is 11.9 Å². The van der Waals surface area contributed by atoms with E-state index in [1.54, 1.807) is 0 Å². The molecule has 0 saturated carbocycles. The van der Waals surface area contributed by atoms with Crippen LogP contribution in [0.5, 0.6) is 0 Å². The first-order valence-electron chi connectivity index (χ1n) is 10.2. The van der Waals surface area contributed by atoms with Crippen molar-refractivity contribution in [2.45, 2.75) is 70.1 Å². The fourth-order valence-electron chi connectivity index (χ4n) is 3.36. The summed E-state index contributed by atoms with van der Waals surface area (Å²) in [5, 5.41) is 23.0. The number of carboxylic acid groups (broad SMARTS) is 2. The van der Waals surface area contributed by atoms with E-state index >= 15 is 0 Å². The Labute approximate surface area is 186 Å². The Morgan fingerprint density at radius 2 is 1.77 bits per heavy atom. The Hall–Kier alpha value is -2.34. The van der Waals surface area contributed by atoms with E-state index in [2.05, 4.69) is 23.3 Å². The fraction of sp³-hybridized carbons (Fsp3) is 0.737. The van der Waals surface area contributed by atoms with E-state index in [-0.39, 0.29) is 24.5 Å². The number of amides is 3. The van der Waals surface area contributed by atoms with Gasteiger partial charge in [0.2, 0.25) is 17.7 Å². The molecule has 1 saturated heterocycles. The van der Waals surface area contributed by atoms with Gasteiger partial charge in [-0.05, 0) is 31.6 Å². The van der Waals surface area contributed by atoms with Gasteiger partial charge < -0.3 is 31.5 Å². The molecule has 11 nitrogen and oxygen atoms in total. The maximum Gasteiger partial charge on any atom is 0.326 e. The number of hydrogen-bond acceptors (Lipinski definition) is 7. The normalized spacial score (nSPS) is 18.9. The molecule has 0 aromatic heterocycles. The average Bonchev–Trinajstić information content (AvgIpc) is 3.18. The van der Waals surface area contributed by atoms with Crippen molar-refractivity contribution in [2.24, 2.45) is 11.7 Å². The van der Waals surface area contributed by atoms with E-state index < -0.39 is 60.2 Å². The molecule has 1 heterocycles. The summed E-state index contributed by atoms with van der Waals surface area (Å²) in [5.74, 6) is -4.04. The lowest BCUT2D eigenvalue weighted by molar-refractivity contribution is -0.144. The molecule has 1 aliphatic rings. The van der Waals surface area contributed by atoms with Crippen LogP contribution in [0.2, 0.25) is 0 Å². The molecule has 1 rings (SSSR count). The van der Waals surface area contributed by atoms with Crippen LogP contribution in [0.4, 0.5) is 0 Å². The van der Waals surface area contributed by atoms with Crippen molar-refractivity contribution < 1.29 is 34.2 Å². The number of hydrogen-bond donors (Lipinski definition) is 6. The predicted octanol–water partition coefficient (Wildman–Crippen LogP) is -0.800. The van der Waals surface area contributed by atoms with E-state index in [1.807, 2.05) is 13.8 Å². The maximum absolute atomic E-state index is 12.9. The number of aliphatic carboxylic acids is 2. The fourth-order valence-corrected chi connectivity index (χ4v) is 3.52. The van der Waals surface area contributed by atoms with Crippen LogP contribution in [0.1, 0.15) is 46.0 Å². The molecule has 4 atom stereocenters. The molecule has 0 aromatic carbocycles. The van der Waals surface area contributed by atoms with Gasteiger partial charge in [-0.15, -0.1) is 0 Å². The smallest absolute Gasteiger partial charge is 0.326 e. The van der Waals surface area contributed by atoms with Crippen LogP contribution in [0.3, 0.4) is 0 Å². The minimum Gasteiger partial charge on any atom is -0.481 e. The highest BCUT2D eigenvalue weighted by Crippen LogP contribution is 2.19. The standard InChI is InChI=1S/C19H32N4O7S/c1-10(2)8-13(16(26)21-12(19(29)30)5-6-15(24)25)22-17(27)14-4-3-7-23(14)18(28)11(20)9-31/h10-14,31H,3-9,20H2,1-2H3,(H,21,26)(H,22,27)(H,24,25)(H,29,30). The third-order valence-corrected chi connectivity index (χ3v) is 5.35. The Balaban J connectivity index is 2.89. The molecule has 0 aliphatic carbocycles. The molecular formula is C19H32N4O7S. The lowest BCUT2D eigenvalue weighted by atomic mass is 10.0. The molecule has 1 aliphatic heterocycles. The summed E-state index contributed by atoms with van der Waals surface area (Å²) >= 11 is 4.02. The van der Waals surface area contributed by atoms with Crippen molar-refractivity contribution in [1.82, 2.24) is 15.5 Å². The van der Waals surface area contributed by atoms with E-state index in [4.69, 9.17) is 10.8 Å². The number of nitrogens with one attached hydrogen (secondary N) is 2. The minimum atomic E-state index is -1.40. The molecule has 1 fully saturated rings. The summed E-state index contributed by atoms with van der Waals surface area (Å²) in [7, 11) is 0. The molecule has 0 aromatic rings. The van der Waals surface area contributed by atoms with Crippen molar-refractivity contribution >= 4 is 42.3 Å². The molecule has 6 N–H and O–H groups in total. The number of carboxylic acids is 2. The van der Waals surface area contributed by atoms with Gasteiger partial charge in [-0.1, -0.05) is 13.8 Å². The molecule has 176 valence electrons. The van der Waals surface area contributed by atoms with Crippen LogP contribution >= 0.6 is 12.6 Å². The second kappa shape index (κ2) is 12.5. The van der Waals surface area contributed by atoms with Gasteiger partial charge in [-0.3, -0.25) is 19.2 Å². The van der Waals surface area contributed by atoms with Crippen molar-refractivity contribution in [1.29, 1.82) is 0 Å². The monoisotopic (exact) mass is 460 g/mol. The van der Waals surface area contributed by atoms with Crippen LogP contribution in [-0.4, -0.2) is 81.2 Å². The summed E-state index contributed by atoms with van der Waals surface area (Å²) in [6, 6.07) is -4.04. The SMILES string of the molecule is CC(C)CC(NC(=O)C1CCCN1C(=O)C(N)CS)C(=O)NC(CCC(=O)O)C(=O)O. The van der Waals surface area contributed by atoms with E-state index in [0.29, 0.717) is 19.4 Å². The van der Waals surface area contributed by atoms with E-state index in [9.17, 15) is 29.1 Å². The predicted molar refractivity (Wildman–Crippen MR) is 114 cm³/mol. The first-order chi connectivity index (χ1) is 14.5. The third kappa shape index (κ3) is 8.37. The lowest BCUT2D eigenvalue weighted by Crippen LogP contribution is -2.57. The summed E-state index contributed by atoms with van der Waals surface area (Å²) in [6.07, 6.45) is 0.553. The highest BCUT2D eigenvalue weighted by atomic mass is 32.1. The van der Waals surface area contributed by atoms with Crippen molar-refractivity contribution in [2.75, 3.05) is 12.3 Å². The second-order valence-corrected chi connectivity index (χ2v) is 8.37. The van der Waals surface area contributed by atoms with Gasteiger partial charge in [0.05, 0.1) is 6.04 Å². The van der Waals surface area contributed by atoms with Gasteiger partial charge in [0.25, 0.3) is 0 Å². The summed E-state index contributed by atoms with van der Waals surface area (Å²) in [6.45, 7) is 4.04. The highest BCUT2D eigenvalue weighted by molar-refractivity contribution is 7.80. The summed E-state index contributed by atoms with van der Waals surface area (Å²) in [4.78, 5) is 61.5. The van der Waals surface area contributed by atoms with Gasteiger partial charge in [-0.25, -0.2) is 4.79 Å².